The lowest BCUT2D eigenvalue weighted by molar-refractivity contribution is 0.465. The third-order valence-corrected chi connectivity index (χ3v) is 12.1. The molecule has 4 aliphatic rings. The molecule has 0 radical (unpaired) electrons. The van der Waals surface area contributed by atoms with Gasteiger partial charge in [-0.15, -0.1) is 0 Å². The molecule has 0 fully saturated rings. The van der Waals surface area contributed by atoms with Crippen LogP contribution in [-0.4, -0.2) is 13.4 Å². The largest absolute Gasteiger partial charge is 0.468 e. The molecule has 1 aromatic heterocycles. The lowest BCUT2D eigenvalue weighted by Gasteiger charge is -2.41. The highest BCUT2D eigenvalue weighted by Crippen LogP contribution is 2.47. The van der Waals surface area contributed by atoms with E-state index in [1.54, 1.807) is 0 Å². The molecule has 4 aliphatic heterocycles. The standard InChI is InChI=1S/C48H34B2N2O3/c1-27-19-21-29(3)38(23-27)51-35-13-7-6-12-32(35)49-33-25-34-44(26-43(33)53-41-17-9-14-36(51)45(41)49)54-42-18-10-15-37-46(42)50(34)48-47(31-11-5-8-16-40(31)55-48)52(37)39-24-28(2)20-22-30(39)4/h5-26H,1-4H3. The van der Waals surface area contributed by atoms with Crippen LogP contribution in [0.4, 0.5) is 34.1 Å². The minimum atomic E-state index is -0.189. The summed E-state index contributed by atoms with van der Waals surface area (Å²) in [5, 5.41) is 1.09. The summed E-state index contributed by atoms with van der Waals surface area (Å²) in [5.74, 6) is 3.32. The van der Waals surface area contributed by atoms with E-state index in [4.69, 9.17) is 13.9 Å². The molecule has 0 bridgehead atoms. The summed E-state index contributed by atoms with van der Waals surface area (Å²) in [6, 6.07) is 48.0. The lowest BCUT2D eigenvalue weighted by Crippen LogP contribution is -2.63. The molecule has 0 amide bonds. The zero-order chi connectivity index (χ0) is 36.7. The molecule has 0 spiro atoms. The summed E-state index contributed by atoms with van der Waals surface area (Å²) in [6.07, 6.45) is 0. The van der Waals surface area contributed by atoms with Crippen LogP contribution in [-0.2, 0) is 0 Å². The van der Waals surface area contributed by atoms with Crippen molar-refractivity contribution in [2.24, 2.45) is 0 Å². The number of furan rings is 1. The Hall–Kier alpha value is -6.59. The average Bonchev–Trinajstić information content (AvgIpc) is 3.58. The van der Waals surface area contributed by atoms with Crippen molar-refractivity contribution in [2.75, 3.05) is 9.80 Å². The van der Waals surface area contributed by atoms with Crippen LogP contribution in [0.2, 0.25) is 0 Å². The number of ether oxygens (including phenoxy) is 2. The Morgan fingerprint density at radius 1 is 0.436 bits per heavy atom. The third kappa shape index (κ3) is 4.15. The van der Waals surface area contributed by atoms with Gasteiger partial charge < -0.3 is 23.7 Å². The first kappa shape index (κ1) is 30.8. The molecule has 8 aromatic rings. The Morgan fingerprint density at radius 2 is 1.02 bits per heavy atom. The van der Waals surface area contributed by atoms with Crippen molar-refractivity contribution < 1.29 is 13.9 Å². The van der Waals surface area contributed by atoms with Gasteiger partial charge in [-0.2, -0.15) is 0 Å². The fourth-order valence-corrected chi connectivity index (χ4v) is 9.67. The number of aryl methyl sites for hydroxylation is 4. The number of nitrogens with zero attached hydrogens (tertiary/aromatic N) is 2. The number of hydrogen-bond acceptors (Lipinski definition) is 5. The number of anilines is 6. The van der Waals surface area contributed by atoms with Gasteiger partial charge in [0.15, 0.2) is 0 Å². The van der Waals surface area contributed by atoms with E-state index in [1.165, 1.54) is 44.6 Å². The van der Waals surface area contributed by atoms with Crippen LogP contribution in [0, 0.1) is 27.7 Å². The summed E-state index contributed by atoms with van der Waals surface area (Å²) in [7, 11) is 0. The van der Waals surface area contributed by atoms with Crippen LogP contribution in [0.1, 0.15) is 22.3 Å². The monoisotopic (exact) mass is 708 g/mol. The highest BCUT2D eigenvalue weighted by Gasteiger charge is 2.48. The predicted molar refractivity (Wildman–Crippen MR) is 227 cm³/mol. The van der Waals surface area contributed by atoms with Crippen LogP contribution in [0.15, 0.2) is 138 Å². The minimum Gasteiger partial charge on any atom is -0.468 e. The SMILES string of the molecule is Cc1ccc(C)c(N2c3ccccc3B3c4cc5c(cc4Oc4cccc2c43)Oc2cccc3c2B5c2oc4ccccc4c2N3c2cc(C)ccc2C)c1. The molecular weight excluding hydrogens is 674 g/mol. The van der Waals surface area contributed by atoms with E-state index in [2.05, 4.69) is 171 Å². The maximum absolute atomic E-state index is 7.01. The number of benzene rings is 7. The quantitative estimate of drug-likeness (QED) is 0.169. The van der Waals surface area contributed by atoms with Crippen molar-refractivity contribution in [3.8, 4) is 23.0 Å². The molecule has 0 aliphatic carbocycles. The van der Waals surface area contributed by atoms with Crippen LogP contribution < -0.4 is 52.2 Å². The Labute approximate surface area is 320 Å². The highest BCUT2D eigenvalue weighted by molar-refractivity contribution is 7.01. The second-order valence-electron chi connectivity index (χ2n) is 15.5. The maximum atomic E-state index is 7.01. The zero-order valence-corrected chi connectivity index (χ0v) is 31.0. The van der Waals surface area contributed by atoms with Gasteiger partial charge in [-0.25, -0.2) is 0 Å². The third-order valence-electron chi connectivity index (χ3n) is 12.1. The van der Waals surface area contributed by atoms with Crippen LogP contribution >= 0.6 is 0 Å². The Balaban J connectivity index is 1.11. The van der Waals surface area contributed by atoms with E-state index in [0.29, 0.717) is 0 Å². The molecule has 0 N–H and O–H groups in total. The Morgan fingerprint density at radius 3 is 1.75 bits per heavy atom. The fourth-order valence-electron chi connectivity index (χ4n) is 9.67. The Kier molecular flexibility index (Phi) is 6.16. The van der Waals surface area contributed by atoms with Crippen molar-refractivity contribution in [2.45, 2.75) is 27.7 Å². The van der Waals surface area contributed by atoms with Crippen LogP contribution in [0.25, 0.3) is 11.0 Å². The van der Waals surface area contributed by atoms with Crippen molar-refractivity contribution >= 4 is 91.5 Å². The number of hydrogen-bond donors (Lipinski definition) is 0. The van der Waals surface area contributed by atoms with Gasteiger partial charge in [0.25, 0.3) is 6.71 Å². The first-order valence-electron chi connectivity index (χ1n) is 19.1. The van der Waals surface area contributed by atoms with Crippen LogP contribution in [0.3, 0.4) is 0 Å². The molecule has 5 nitrogen and oxygen atoms in total. The van der Waals surface area contributed by atoms with Crippen molar-refractivity contribution in [1.29, 1.82) is 0 Å². The number of rotatable bonds is 2. The van der Waals surface area contributed by atoms with Gasteiger partial charge in [0.05, 0.1) is 11.3 Å². The van der Waals surface area contributed by atoms with Crippen molar-refractivity contribution in [1.82, 2.24) is 0 Å². The van der Waals surface area contributed by atoms with Gasteiger partial charge in [-0.3, -0.25) is 0 Å². The van der Waals surface area contributed by atoms with Gasteiger partial charge in [0.2, 0.25) is 0 Å². The van der Waals surface area contributed by atoms with E-state index >= 15 is 0 Å². The first-order chi connectivity index (χ1) is 26.9. The van der Waals surface area contributed by atoms with E-state index in [1.807, 2.05) is 0 Å². The summed E-state index contributed by atoms with van der Waals surface area (Å²) in [4.78, 5) is 4.82. The summed E-state index contributed by atoms with van der Waals surface area (Å²) in [5.41, 5.74) is 19.3. The van der Waals surface area contributed by atoms with E-state index in [-0.39, 0.29) is 13.4 Å². The molecule has 260 valence electrons. The molecule has 0 atom stereocenters. The van der Waals surface area contributed by atoms with Gasteiger partial charge in [-0.1, -0.05) is 72.8 Å². The number of fused-ring (bicyclic) bond motifs is 10. The van der Waals surface area contributed by atoms with E-state index < -0.39 is 0 Å². The fraction of sp³-hybridized carbons (Fsp3) is 0.0833. The van der Waals surface area contributed by atoms with Gasteiger partial charge in [0, 0.05) is 45.4 Å². The van der Waals surface area contributed by atoms with Crippen molar-refractivity contribution in [3.05, 3.63) is 156 Å². The predicted octanol–water partition coefficient (Wildman–Crippen LogP) is 8.48. The molecule has 55 heavy (non-hydrogen) atoms. The van der Waals surface area contributed by atoms with E-state index in [9.17, 15) is 0 Å². The second kappa shape index (κ2) is 11.0. The summed E-state index contributed by atoms with van der Waals surface area (Å²) >= 11 is 0. The second-order valence-corrected chi connectivity index (χ2v) is 15.5. The van der Waals surface area contributed by atoms with E-state index in [0.717, 1.165) is 78.8 Å². The van der Waals surface area contributed by atoms with Gasteiger partial charge >= 0.3 is 6.71 Å². The van der Waals surface area contributed by atoms with Gasteiger partial charge in [0.1, 0.15) is 28.6 Å². The number of para-hydroxylation sites is 2. The zero-order valence-electron chi connectivity index (χ0n) is 31.0. The van der Waals surface area contributed by atoms with Gasteiger partial charge in [-0.05, 0) is 126 Å². The molecule has 0 saturated carbocycles. The lowest BCUT2D eigenvalue weighted by atomic mass is 9.32. The summed E-state index contributed by atoms with van der Waals surface area (Å²) < 4.78 is 20.8. The molecule has 7 heteroatoms. The summed E-state index contributed by atoms with van der Waals surface area (Å²) in [6.45, 7) is 8.47. The normalized spacial score (nSPS) is 14.0. The molecule has 7 aromatic carbocycles. The Bertz CT molecular complexity index is 2990. The smallest absolute Gasteiger partial charge is 0.301 e. The highest BCUT2D eigenvalue weighted by atomic mass is 16.5. The molecule has 0 unspecified atom stereocenters. The molecule has 0 saturated heterocycles. The average molecular weight is 708 g/mol. The molecule has 5 heterocycles. The first-order valence-corrected chi connectivity index (χ1v) is 19.1. The van der Waals surface area contributed by atoms with Crippen LogP contribution in [0.5, 0.6) is 23.0 Å². The molecular formula is C48H34B2N2O3. The van der Waals surface area contributed by atoms with Crippen molar-refractivity contribution in [3.63, 3.8) is 0 Å². The molecule has 12 rings (SSSR count). The topological polar surface area (TPSA) is 38.1 Å². The minimum absolute atomic E-state index is 0.0420. The maximum Gasteiger partial charge on any atom is 0.301 e.